The molecule has 0 unspecified atom stereocenters. The summed E-state index contributed by atoms with van der Waals surface area (Å²) in [6, 6.07) is 8.77. The highest BCUT2D eigenvalue weighted by atomic mass is 16.4. The van der Waals surface area contributed by atoms with Crippen LogP contribution in [0.3, 0.4) is 0 Å². The van der Waals surface area contributed by atoms with Crippen LogP contribution in [0, 0.1) is 0 Å². The third kappa shape index (κ3) is 3.61. The van der Waals surface area contributed by atoms with Crippen molar-refractivity contribution in [3.63, 3.8) is 0 Å². The van der Waals surface area contributed by atoms with Gasteiger partial charge >= 0.3 is 0 Å². The third-order valence-electron chi connectivity index (χ3n) is 3.99. The molecule has 3 rings (SSSR count). The van der Waals surface area contributed by atoms with E-state index in [1.165, 1.54) is 45.3 Å². The highest BCUT2D eigenvalue weighted by Gasteiger charge is 2.18. The van der Waals surface area contributed by atoms with Gasteiger partial charge in [0.1, 0.15) is 0 Å². The molecule has 5 nitrogen and oxygen atoms in total. The van der Waals surface area contributed by atoms with E-state index in [-0.39, 0.29) is 0 Å². The van der Waals surface area contributed by atoms with Crippen LogP contribution in [0.1, 0.15) is 26.2 Å². The average Bonchev–Trinajstić information content (AvgIpc) is 3.05. The molecule has 21 heavy (non-hydrogen) atoms. The molecule has 1 fully saturated rings. The monoisotopic (exact) mass is 286 g/mol. The van der Waals surface area contributed by atoms with Gasteiger partial charge in [0.05, 0.1) is 0 Å². The normalized spacial score (nSPS) is 17.0. The fraction of sp³-hybridized carbons (Fsp3) is 0.500. The largest absolute Gasteiger partial charge is 0.423 e. The van der Waals surface area contributed by atoms with Crippen LogP contribution in [0.2, 0.25) is 0 Å². The van der Waals surface area contributed by atoms with Crippen molar-refractivity contribution in [3.8, 4) is 11.5 Å². The number of aromatic nitrogens is 2. The van der Waals surface area contributed by atoms with Crippen LogP contribution in [-0.4, -0.2) is 40.8 Å². The predicted molar refractivity (Wildman–Crippen MR) is 83.1 cm³/mol. The maximum atomic E-state index is 5.20. The molecule has 5 heteroatoms. The number of hydrogen-bond acceptors (Lipinski definition) is 5. The van der Waals surface area contributed by atoms with Crippen LogP contribution in [0.15, 0.2) is 35.1 Å². The first-order valence-corrected chi connectivity index (χ1v) is 7.70. The van der Waals surface area contributed by atoms with Gasteiger partial charge in [0, 0.05) is 30.4 Å². The lowest BCUT2D eigenvalue weighted by atomic mass is 10.0. The quantitative estimate of drug-likeness (QED) is 0.915. The zero-order valence-corrected chi connectivity index (χ0v) is 12.5. The zero-order valence-electron chi connectivity index (χ0n) is 12.5. The first kappa shape index (κ1) is 14.1. The Hall–Kier alpha value is -1.88. The number of rotatable bonds is 5. The van der Waals surface area contributed by atoms with Crippen LogP contribution >= 0.6 is 0 Å². The standard InChI is InChI=1S/C16H22N4O/c1-2-9-20-10-7-15(8-11-20)18-14-5-3-13(4-6-14)16-19-17-12-21-16/h3-6,12,15,18H,2,7-11H2,1H3. The van der Waals surface area contributed by atoms with E-state index in [0.717, 1.165) is 11.3 Å². The summed E-state index contributed by atoms with van der Waals surface area (Å²) >= 11 is 0. The molecular formula is C16H22N4O. The van der Waals surface area contributed by atoms with E-state index in [1.807, 2.05) is 12.1 Å². The van der Waals surface area contributed by atoms with Crippen LogP contribution in [0.5, 0.6) is 0 Å². The molecule has 0 spiro atoms. The van der Waals surface area contributed by atoms with Crippen molar-refractivity contribution in [2.75, 3.05) is 25.0 Å². The fourth-order valence-corrected chi connectivity index (χ4v) is 2.86. The fourth-order valence-electron chi connectivity index (χ4n) is 2.86. The van der Waals surface area contributed by atoms with E-state index in [4.69, 9.17) is 4.42 Å². The Labute approximate surface area is 125 Å². The molecule has 0 amide bonds. The topological polar surface area (TPSA) is 54.2 Å². The minimum Gasteiger partial charge on any atom is -0.423 e. The Morgan fingerprint density at radius 1 is 1.24 bits per heavy atom. The van der Waals surface area contributed by atoms with Gasteiger partial charge in [-0.25, -0.2) is 0 Å². The molecule has 1 aliphatic heterocycles. The first-order valence-electron chi connectivity index (χ1n) is 7.70. The lowest BCUT2D eigenvalue weighted by Crippen LogP contribution is -2.39. The van der Waals surface area contributed by atoms with E-state index in [1.54, 1.807) is 0 Å². The van der Waals surface area contributed by atoms with E-state index in [2.05, 4.69) is 39.5 Å². The maximum absolute atomic E-state index is 5.20. The SMILES string of the molecule is CCCN1CCC(Nc2ccc(-c3nnco3)cc2)CC1. The molecule has 0 aliphatic carbocycles. The van der Waals surface area contributed by atoms with Gasteiger partial charge in [0.15, 0.2) is 0 Å². The van der Waals surface area contributed by atoms with Gasteiger partial charge in [0.2, 0.25) is 12.3 Å². The van der Waals surface area contributed by atoms with E-state index in [0.29, 0.717) is 11.9 Å². The Morgan fingerprint density at radius 2 is 2.00 bits per heavy atom. The second-order valence-corrected chi connectivity index (χ2v) is 5.58. The van der Waals surface area contributed by atoms with E-state index >= 15 is 0 Å². The van der Waals surface area contributed by atoms with Crippen molar-refractivity contribution < 1.29 is 4.42 Å². The van der Waals surface area contributed by atoms with Crippen molar-refractivity contribution in [3.05, 3.63) is 30.7 Å². The second-order valence-electron chi connectivity index (χ2n) is 5.58. The van der Waals surface area contributed by atoms with Gasteiger partial charge in [-0.05, 0) is 50.1 Å². The molecule has 0 bridgehead atoms. The molecule has 112 valence electrons. The number of nitrogens with zero attached hydrogens (tertiary/aromatic N) is 3. The molecule has 0 atom stereocenters. The number of piperidine rings is 1. The van der Waals surface area contributed by atoms with Gasteiger partial charge in [-0.2, -0.15) is 0 Å². The second kappa shape index (κ2) is 6.72. The number of anilines is 1. The summed E-state index contributed by atoms with van der Waals surface area (Å²) in [7, 11) is 0. The van der Waals surface area contributed by atoms with Gasteiger partial charge in [-0.15, -0.1) is 10.2 Å². The summed E-state index contributed by atoms with van der Waals surface area (Å²) in [4.78, 5) is 2.55. The minimum atomic E-state index is 0.564. The summed E-state index contributed by atoms with van der Waals surface area (Å²) < 4.78 is 5.20. The van der Waals surface area contributed by atoms with Crippen molar-refractivity contribution in [1.29, 1.82) is 0 Å². The van der Waals surface area contributed by atoms with Crippen LogP contribution < -0.4 is 5.32 Å². The van der Waals surface area contributed by atoms with Crippen LogP contribution in [-0.2, 0) is 0 Å². The number of likely N-dealkylation sites (tertiary alicyclic amines) is 1. The van der Waals surface area contributed by atoms with E-state index in [9.17, 15) is 0 Å². The third-order valence-corrected chi connectivity index (χ3v) is 3.99. The van der Waals surface area contributed by atoms with Crippen LogP contribution in [0.4, 0.5) is 5.69 Å². The number of nitrogens with one attached hydrogen (secondary N) is 1. The summed E-state index contributed by atoms with van der Waals surface area (Å²) in [6.07, 6.45) is 5.03. The molecule has 0 radical (unpaired) electrons. The Kier molecular flexibility index (Phi) is 4.50. The van der Waals surface area contributed by atoms with Gasteiger partial charge in [0.25, 0.3) is 0 Å². The van der Waals surface area contributed by atoms with Gasteiger partial charge in [-0.1, -0.05) is 6.92 Å². The summed E-state index contributed by atoms with van der Waals surface area (Å²) in [5, 5.41) is 11.2. The Balaban J connectivity index is 1.54. The summed E-state index contributed by atoms with van der Waals surface area (Å²) in [6.45, 7) is 5.87. The first-order chi connectivity index (χ1) is 10.3. The van der Waals surface area contributed by atoms with Crippen molar-refractivity contribution >= 4 is 5.69 Å². The van der Waals surface area contributed by atoms with Crippen molar-refractivity contribution in [2.24, 2.45) is 0 Å². The number of benzene rings is 1. The Bertz CT molecular complexity index is 530. The smallest absolute Gasteiger partial charge is 0.247 e. The van der Waals surface area contributed by atoms with Gasteiger partial charge < -0.3 is 14.6 Å². The summed E-state index contributed by atoms with van der Waals surface area (Å²) in [5.74, 6) is 0.564. The highest BCUT2D eigenvalue weighted by molar-refractivity contribution is 5.58. The molecule has 0 saturated carbocycles. The molecule has 1 saturated heterocycles. The lowest BCUT2D eigenvalue weighted by molar-refractivity contribution is 0.219. The zero-order chi connectivity index (χ0) is 14.5. The summed E-state index contributed by atoms with van der Waals surface area (Å²) in [5.41, 5.74) is 2.11. The van der Waals surface area contributed by atoms with E-state index < -0.39 is 0 Å². The molecule has 1 aromatic heterocycles. The Morgan fingerprint density at radius 3 is 2.62 bits per heavy atom. The molecule has 2 heterocycles. The molecule has 1 N–H and O–H groups in total. The predicted octanol–water partition coefficient (Wildman–Crippen LogP) is 3.02. The number of hydrogen-bond donors (Lipinski definition) is 1. The molecule has 1 aromatic carbocycles. The van der Waals surface area contributed by atoms with Gasteiger partial charge in [-0.3, -0.25) is 0 Å². The van der Waals surface area contributed by atoms with Crippen molar-refractivity contribution in [1.82, 2.24) is 15.1 Å². The maximum Gasteiger partial charge on any atom is 0.247 e. The van der Waals surface area contributed by atoms with Crippen LogP contribution in [0.25, 0.3) is 11.5 Å². The molecule has 1 aliphatic rings. The lowest BCUT2D eigenvalue weighted by Gasteiger charge is -2.32. The average molecular weight is 286 g/mol. The minimum absolute atomic E-state index is 0.564. The van der Waals surface area contributed by atoms with Crippen molar-refractivity contribution in [2.45, 2.75) is 32.2 Å². The highest BCUT2D eigenvalue weighted by Crippen LogP contribution is 2.21. The molecule has 2 aromatic rings. The molecular weight excluding hydrogens is 264 g/mol.